The van der Waals surface area contributed by atoms with Crippen LogP contribution in [0, 0.1) is 0 Å². The standard InChI is InChI=1S/C16H21N3O3S/c1-17(2)23(21,22)15-9-10-16(20)19(12-15)13-18(3)11-14-7-5-4-6-8-14/h4-10,12H,11,13H2,1-3H3. The van der Waals surface area contributed by atoms with Gasteiger partial charge in [-0.25, -0.2) is 12.7 Å². The Hall–Kier alpha value is -1.96. The number of benzene rings is 1. The van der Waals surface area contributed by atoms with Gasteiger partial charge in [-0.1, -0.05) is 30.3 Å². The van der Waals surface area contributed by atoms with Crippen molar-refractivity contribution in [3.05, 3.63) is 64.6 Å². The van der Waals surface area contributed by atoms with E-state index in [-0.39, 0.29) is 10.5 Å². The molecule has 0 spiro atoms. The van der Waals surface area contributed by atoms with Gasteiger partial charge < -0.3 is 4.57 Å². The summed E-state index contributed by atoms with van der Waals surface area (Å²) in [6, 6.07) is 12.5. The number of sulfonamides is 1. The maximum absolute atomic E-state index is 12.2. The molecule has 2 aromatic rings. The van der Waals surface area contributed by atoms with Crippen LogP contribution in [0.25, 0.3) is 0 Å². The van der Waals surface area contributed by atoms with Gasteiger partial charge in [0, 0.05) is 32.9 Å². The van der Waals surface area contributed by atoms with Crippen molar-refractivity contribution in [2.24, 2.45) is 0 Å². The Balaban J connectivity index is 2.21. The van der Waals surface area contributed by atoms with Gasteiger partial charge in [0.2, 0.25) is 10.0 Å². The highest BCUT2D eigenvalue weighted by atomic mass is 32.2. The quantitative estimate of drug-likeness (QED) is 0.795. The number of nitrogens with zero attached hydrogens (tertiary/aromatic N) is 3. The van der Waals surface area contributed by atoms with Crippen LogP contribution in [0.4, 0.5) is 0 Å². The highest BCUT2D eigenvalue weighted by molar-refractivity contribution is 7.89. The molecule has 1 aromatic carbocycles. The summed E-state index contributed by atoms with van der Waals surface area (Å²) in [5.41, 5.74) is 0.891. The molecule has 0 N–H and O–H groups in total. The highest BCUT2D eigenvalue weighted by Gasteiger charge is 2.18. The molecule has 0 unspecified atom stereocenters. The van der Waals surface area contributed by atoms with Crippen molar-refractivity contribution in [1.29, 1.82) is 0 Å². The van der Waals surface area contributed by atoms with Crippen LogP contribution in [0.5, 0.6) is 0 Å². The normalized spacial score (nSPS) is 12.0. The second-order valence-corrected chi connectivity index (χ2v) is 7.75. The molecule has 0 fully saturated rings. The van der Waals surface area contributed by atoms with E-state index in [1.165, 1.54) is 37.0 Å². The van der Waals surface area contributed by atoms with E-state index >= 15 is 0 Å². The lowest BCUT2D eigenvalue weighted by Gasteiger charge is -2.19. The van der Waals surface area contributed by atoms with Gasteiger partial charge in [0.25, 0.3) is 5.56 Å². The maximum atomic E-state index is 12.2. The number of aromatic nitrogens is 1. The zero-order valence-electron chi connectivity index (χ0n) is 13.5. The second-order valence-electron chi connectivity index (χ2n) is 5.60. The molecule has 23 heavy (non-hydrogen) atoms. The van der Waals surface area contributed by atoms with Gasteiger partial charge in [0.1, 0.15) is 0 Å². The van der Waals surface area contributed by atoms with E-state index in [1.54, 1.807) is 0 Å². The van der Waals surface area contributed by atoms with Crippen molar-refractivity contribution in [3.8, 4) is 0 Å². The minimum atomic E-state index is -3.56. The Morgan fingerprint density at radius 3 is 2.26 bits per heavy atom. The molecule has 0 atom stereocenters. The third kappa shape index (κ3) is 4.28. The van der Waals surface area contributed by atoms with Crippen LogP contribution in [0.15, 0.2) is 58.4 Å². The van der Waals surface area contributed by atoms with Crippen LogP contribution in [-0.4, -0.2) is 43.3 Å². The summed E-state index contributed by atoms with van der Waals surface area (Å²) in [5, 5.41) is 0. The Morgan fingerprint density at radius 1 is 1.00 bits per heavy atom. The first-order valence-electron chi connectivity index (χ1n) is 7.16. The fraction of sp³-hybridized carbons (Fsp3) is 0.312. The summed E-state index contributed by atoms with van der Waals surface area (Å²) in [6.45, 7) is 0.975. The largest absolute Gasteiger partial charge is 0.301 e. The lowest BCUT2D eigenvalue weighted by atomic mass is 10.2. The van der Waals surface area contributed by atoms with Crippen molar-refractivity contribution in [1.82, 2.24) is 13.8 Å². The first kappa shape index (κ1) is 17.4. The summed E-state index contributed by atoms with van der Waals surface area (Å²) in [5.74, 6) is 0. The number of hydrogen-bond acceptors (Lipinski definition) is 4. The van der Waals surface area contributed by atoms with Crippen molar-refractivity contribution >= 4 is 10.0 Å². The fourth-order valence-electron chi connectivity index (χ4n) is 2.19. The third-order valence-corrected chi connectivity index (χ3v) is 5.22. The van der Waals surface area contributed by atoms with Crippen LogP contribution in [0.2, 0.25) is 0 Å². The van der Waals surface area contributed by atoms with Gasteiger partial charge in [0.05, 0.1) is 11.6 Å². The highest BCUT2D eigenvalue weighted by Crippen LogP contribution is 2.11. The van der Waals surface area contributed by atoms with E-state index in [0.717, 1.165) is 9.87 Å². The van der Waals surface area contributed by atoms with Gasteiger partial charge in [-0.3, -0.25) is 9.69 Å². The van der Waals surface area contributed by atoms with Crippen LogP contribution in [-0.2, 0) is 23.2 Å². The van der Waals surface area contributed by atoms with Crippen LogP contribution >= 0.6 is 0 Å². The monoisotopic (exact) mass is 335 g/mol. The molecular formula is C16H21N3O3S. The fourth-order valence-corrected chi connectivity index (χ4v) is 3.11. The van der Waals surface area contributed by atoms with Crippen molar-refractivity contribution in [2.75, 3.05) is 21.1 Å². The zero-order valence-corrected chi connectivity index (χ0v) is 14.3. The van der Waals surface area contributed by atoms with Gasteiger partial charge in [-0.05, 0) is 18.7 Å². The molecule has 0 aliphatic heterocycles. The second kappa shape index (κ2) is 7.08. The topological polar surface area (TPSA) is 62.6 Å². The number of hydrogen-bond donors (Lipinski definition) is 0. The summed E-state index contributed by atoms with van der Waals surface area (Å²) in [4.78, 5) is 14.0. The van der Waals surface area contributed by atoms with E-state index in [0.29, 0.717) is 13.2 Å². The summed E-state index contributed by atoms with van der Waals surface area (Å²) < 4.78 is 26.9. The average molecular weight is 335 g/mol. The first-order chi connectivity index (χ1) is 10.8. The Morgan fingerprint density at radius 2 is 1.65 bits per heavy atom. The molecule has 0 bridgehead atoms. The smallest absolute Gasteiger partial charge is 0.251 e. The van der Waals surface area contributed by atoms with Crippen molar-refractivity contribution < 1.29 is 8.42 Å². The Bertz CT molecular complexity index is 814. The van der Waals surface area contributed by atoms with Crippen LogP contribution in [0.3, 0.4) is 0 Å². The number of rotatable bonds is 6. The first-order valence-corrected chi connectivity index (χ1v) is 8.60. The van der Waals surface area contributed by atoms with E-state index in [1.807, 2.05) is 42.3 Å². The molecular weight excluding hydrogens is 314 g/mol. The summed E-state index contributed by atoms with van der Waals surface area (Å²) in [6.07, 6.45) is 1.39. The lowest BCUT2D eigenvalue weighted by molar-refractivity contribution is 0.255. The zero-order chi connectivity index (χ0) is 17.0. The molecule has 0 aliphatic carbocycles. The summed E-state index contributed by atoms with van der Waals surface area (Å²) in [7, 11) is 1.25. The molecule has 0 saturated carbocycles. The minimum absolute atomic E-state index is 0.107. The van der Waals surface area contributed by atoms with Gasteiger partial charge in [-0.15, -0.1) is 0 Å². The van der Waals surface area contributed by atoms with Gasteiger partial charge in [-0.2, -0.15) is 0 Å². The maximum Gasteiger partial charge on any atom is 0.251 e. The molecule has 1 aromatic heterocycles. The van der Waals surface area contributed by atoms with E-state index in [9.17, 15) is 13.2 Å². The third-order valence-electron chi connectivity index (χ3n) is 3.42. The molecule has 0 aliphatic rings. The minimum Gasteiger partial charge on any atom is -0.301 e. The molecule has 124 valence electrons. The van der Waals surface area contributed by atoms with Crippen LogP contribution < -0.4 is 5.56 Å². The average Bonchev–Trinajstić information content (AvgIpc) is 2.50. The van der Waals surface area contributed by atoms with E-state index in [2.05, 4.69) is 0 Å². The summed E-state index contributed by atoms with van der Waals surface area (Å²) >= 11 is 0. The van der Waals surface area contributed by atoms with Gasteiger partial charge in [0.15, 0.2) is 0 Å². The predicted octanol–water partition coefficient (Wildman–Crippen LogP) is 1.19. The van der Waals surface area contributed by atoms with E-state index in [4.69, 9.17) is 0 Å². The molecule has 1 heterocycles. The van der Waals surface area contributed by atoms with Crippen molar-refractivity contribution in [2.45, 2.75) is 18.1 Å². The molecule has 7 heteroatoms. The molecule has 0 amide bonds. The molecule has 0 radical (unpaired) electrons. The molecule has 0 saturated heterocycles. The van der Waals surface area contributed by atoms with Gasteiger partial charge >= 0.3 is 0 Å². The van der Waals surface area contributed by atoms with Crippen molar-refractivity contribution in [3.63, 3.8) is 0 Å². The molecule has 6 nitrogen and oxygen atoms in total. The number of pyridine rings is 1. The van der Waals surface area contributed by atoms with Crippen LogP contribution in [0.1, 0.15) is 5.56 Å². The SMILES string of the molecule is CN(Cc1ccccc1)Cn1cc(S(=O)(=O)N(C)C)ccc1=O. The lowest BCUT2D eigenvalue weighted by Crippen LogP contribution is -2.30. The Labute approximate surface area is 136 Å². The van der Waals surface area contributed by atoms with E-state index < -0.39 is 10.0 Å². The predicted molar refractivity (Wildman–Crippen MR) is 89.5 cm³/mol. The molecule has 2 rings (SSSR count). The Kier molecular flexibility index (Phi) is 5.35.